The zero-order valence-corrected chi connectivity index (χ0v) is 12.8. The molecule has 0 aliphatic carbocycles. The third-order valence-electron chi connectivity index (χ3n) is 3.87. The Morgan fingerprint density at radius 1 is 1.25 bits per heavy atom. The van der Waals surface area contributed by atoms with E-state index in [-0.39, 0.29) is 5.91 Å². The molecule has 1 heterocycles. The second-order valence-electron chi connectivity index (χ2n) is 6.27. The first-order valence-electron chi connectivity index (χ1n) is 7.66. The second kappa shape index (κ2) is 6.89. The maximum absolute atomic E-state index is 11.2. The standard InChI is InChI=1S/C17H26N2O/c1-12(2)10-14-4-6-15(7-5-14)13(3)19-16-8-9-17(20)18-11-16/h4-7,12-13,16,19H,8-11H2,1-3H3,(H,18,20). The van der Waals surface area contributed by atoms with Crippen LogP contribution in [0, 0.1) is 5.92 Å². The fourth-order valence-electron chi connectivity index (χ4n) is 2.74. The molecule has 3 heteroatoms. The fraction of sp³-hybridized carbons (Fsp3) is 0.588. The summed E-state index contributed by atoms with van der Waals surface area (Å²) >= 11 is 0. The predicted octanol–water partition coefficient (Wildman–Crippen LogP) is 2.81. The molecule has 1 aliphatic rings. The van der Waals surface area contributed by atoms with Crippen molar-refractivity contribution < 1.29 is 4.79 Å². The van der Waals surface area contributed by atoms with Gasteiger partial charge in [0.1, 0.15) is 0 Å². The molecule has 1 aromatic rings. The quantitative estimate of drug-likeness (QED) is 0.867. The van der Waals surface area contributed by atoms with Crippen LogP contribution in [0.25, 0.3) is 0 Å². The van der Waals surface area contributed by atoms with Crippen molar-refractivity contribution in [1.29, 1.82) is 0 Å². The van der Waals surface area contributed by atoms with E-state index < -0.39 is 0 Å². The molecule has 0 spiro atoms. The van der Waals surface area contributed by atoms with Crippen molar-refractivity contribution in [2.24, 2.45) is 5.92 Å². The van der Waals surface area contributed by atoms with Crippen molar-refractivity contribution in [3.63, 3.8) is 0 Å². The van der Waals surface area contributed by atoms with E-state index in [1.165, 1.54) is 11.1 Å². The lowest BCUT2D eigenvalue weighted by molar-refractivity contribution is -0.122. The van der Waals surface area contributed by atoms with Crippen LogP contribution in [0.1, 0.15) is 50.8 Å². The lowest BCUT2D eigenvalue weighted by Crippen LogP contribution is -2.46. The van der Waals surface area contributed by atoms with Gasteiger partial charge in [0.05, 0.1) is 0 Å². The highest BCUT2D eigenvalue weighted by atomic mass is 16.1. The molecule has 0 saturated carbocycles. The lowest BCUT2D eigenvalue weighted by Gasteiger charge is -2.27. The van der Waals surface area contributed by atoms with Crippen LogP contribution in [0.15, 0.2) is 24.3 Å². The summed E-state index contributed by atoms with van der Waals surface area (Å²) in [7, 11) is 0. The Kier molecular flexibility index (Phi) is 5.18. The molecule has 110 valence electrons. The Labute approximate surface area is 122 Å². The van der Waals surface area contributed by atoms with Gasteiger partial charge < -0.3 is 10.6 Å². The topological polar surface area (TPSA) is 41.1 Å². The Morgan fingerprint density at radius 3 is 2.50 bits per heavy atom. The number of benzene rings is 1. The van der Waals surface area contributed by atoms with E-state index >= 15 is 0 Å². The van der Waals surface area contributed by atoms with Crippen LogP contribution in [-0.2, 0) is 11.2 Å². The van der Waals surface area contributed by atoms with Gasteiger partial charge in [-0.3, -0.25) is 4.79 Å². The minimum absolute atomic E-state index is 0.175. The van der Waals surface area contributed by atoms with Crippen molar-refractivity contribution in [3.05, 3.63) is 35.4 Å². The average Bonchev–Trinajstić information content (AvgIpc) is 2.41. The Hall–Kier alpha value is -1.35. The molecule has 20 heavy (non-hydrogen) atoms. The van der Waals surface area contributed by atoms with Gasteiger partial charge in [-0.05, 0) is 36.8 Å². The highest BCUT2D eigenvalue weighted by Crippen LogP contribution is 2.17. The average molecular weight is 274 g/mol. The Bertz CT molecular complexity index is 429. The molecule has 0 aromatic heterocycles. The first-order valence-corrected chi connectivity index (χ1v) is 7.66. The van der Waals surface area contributed by atoms with Crippen LogP contribution in [0.4, 0.5) is 0 Å². The zero-order valence-electron chi connectivity index (χ0n) is 12.8. The molecule has 2 rings (SSSR count). The summed E-state index contributed by atoms with van der Waals surface area (Å²) in [6, 6.07) is 9.61. The van der Waals surface area contributed by atoms with Crippen molar-refractivity contribution >= 4 is 5.91 Å². The summed E-state index contributed by atoms with van der Waals surface area (Å²) in [5.41, 5.74) is 2.72. The van der Waals surface area contributed by atoms with Crippen LogP contribution in [0.5, 0.6) is 0 Å². The summed E-state index contributed by atoms with van der Waals surface area (Å²) in [5.74, 6) is 0.871. The van der Waals surface area contributed by atoms with Crippen LogP contribution >= 0.6 is 0 Å². The number of hydrogen-bond acceptors (Lipinski definition) is 2. The van der Waals surface area contributed by atoms with Gasteiger partial charge in [0.15, 0.2) is 0 Å². The smallest absolute Gasteiger partial charge is 0.220 e. The summed E-state index contributed by atoms with van der Waals surface area (Å²) < 4.78 is 0. The van der Waals surface area contributed by atoms with Crippen molar-refractivity contribution in [2.45, 2.75) is 52.1 Å². The van der Waals surface area contributed by atoms with Gasteiger partial charge in [0, 0.05) is 25.0 Å². The molecular formula is C17H26N2O. The number of carbonyl (C=O) groups is 1. The predicted molar refractivity (Wildman–Crippen MR) is 82.6 cm³/mol. The van der Waals surface area contributed by atoms with Gasteiger partial charge in [0.25, 0.3) is 0 Å². The van der Waals surface area contributed by atoms with Gasteiger partial charge in [-0.1, -0.05) is 38.1 Å². The van der Waals surface area contributed by atoms with Crippen LogP contribution < -0.4 is 10.6 Å². The van der Waals surface area contributed by atoms with Crippen LogP contribution in [0.2, 0.25) is 0 Å². The molecule has 1 fully saturated rings. The molecule has 3 nitrogen and oxygen atoms in total. The van der Waals surface area contributed by atoms with Crippen LogP contribution in [0.3, 0.4) is 0 Å². The van der Waals surface area contributed by atoms with Gasteiger partial charge >= 0.3 is 0 Å². The number of amides is 1. The summed E-state index contributed by atoms with van der Waals surface area (Å²) in [6.07, 6.45) is 2.70. The van der Waals surface area contributed by atoms with E-state index in [0.29, 0.717) is 24.4 Å². The van der Waals surface area contributed by atoms with E-state index in [9.17, 15) is 4.79 Å². The minimum atomic E-state index is 0.175. The molecule has 2 atom stereocenters. The first-order chi connectivity index (χ1) is 9.54. The highest BCUT2D eigenvalue weighted by Gasteiger charge is 2.19. The Morgan fingerprint density at radius 2 is 1.95 bits per heavy atom. The largest absolute Gasteiger partial charge is 0.355 e. The highest BCUT2D eigenvalue weighted by molar-refractivity contribution is 5.76. The minimum Gasteiger partial charge on any atom is -0.355 e. The fourth-order valence-corrected chi connectivity index (χ4v) is 2.74. The van der Waals surface area contributed by atoms with E-state index in [1.807, 2.05) is 0 Å². The maximum Gasteiger partial charge on any atom is 0.220 e. The third-order valence-corrected chi connectivity index (χ3v) is 3.87. The molecule has 1 aromatic carbocycles. The number of nitrogens with one attached hydrogen (secondary N) is 2. The lowest BCUT2D eigenvalue weighted by atomic mass is 9.99. The molecular weight excluding hydrogens is 248 g/mol. The molecule has 1 aliphatic heterocycles. The van der Waals surface area contributed by atoms with Gasteiger partial charge in [-0.15, -0.1) is 0 Å². The van der Waals surface area contributed by atoms with Crippen molar-refractivity contribution in [2.75, 3.05) is 6.54 Å². The monoisotopic (exact) mass is 274 g/mol. The third kappa shape index (κ3) is 4.34. The van der Waals surface area contributed by atoms with Gasteiger partial charge in [-0.25, -0.2) is 0 Å². The summed E-state index contributed by atoms with van der Waals surface area (Å²) in [6.45, 7) is 7.42. The van der Waals surface area contributed by atoms with E-state index in [0.717, 1.165) is 19.4 Å². The van der Waals surface area contributed by atoms with Crippen LogP contribution in [-0.4, -0.2) is 18.5 Å². The second-order valence-corrected chi connectivity index (χ2v) is 6.27. The van der Waals surface area contributed by atoms with Gasteiger partial charge in [-0.2, -0.15) is 0 Å². The molecule has 1 saturated heterocycles. The number of carbonyl (C=O) groups excluding carboxylic acids is 1. The molecule has 0 radical (unpaired) electrons. The molecule has 2 unspecified atom stereocenters. The molecule has 2 N–H and O–H groups in total. The Balaban J connectivity index is 1.88. The maximum atomic E-state index is 11.2. The van der Waals surface area contributed by atoms with E-state index in [2.05, 4.69) is 55.7 Å². The SMILES string of the molecule is CC(C)Cc1ccc(C(C)NC2CCC(=O)NC2)cc1. The number of piperidine rings is 1. The number of hydrogen-bond donors (Lipinski definition) is 2. The number of rotatable bonds is 5. The van der Waals surface area contributed by atoms with E-state index in [4.69, 9.17) is 0 Å². The van der Waals surface area contributed by atoms with Gasteiger partial charge in [0.2, 0.25) is 5.91 Å². The zero-order chi connectivity index (χ0) is 14.5. The summed E-state index contributed by atoms with van der Waals surface area (Å²) in [4.78, 5) is 11.2. The van der Waals surface area contributed by atoms with Crippen molar-refractivity contribution in [1.82, 2.24) is 10.6 Å². The molecule has 0 bridgehead atoms. The molecule has 1 amide bonds. The van der Waals surface area contributed by atoms with Crippen molar-refractivity contribution in [3.8, 4) is 0 Å². The first kappa shape index (κ1) is 15.0. The summed E-state index contributed by atoms with van der Waals surface area (Å²) in [5, 5.41) is 6.52. The van der Waals surface area contributed by atoms with E-state index in [1.54, 1.807) is 0 Å². The normalized spacial score (nSPS) is 20.8.